The lowest BCUT2D eigenvalue weighted by Gasteiger charge is -2.14. The Morgan fingerprint density at radius 1 is 1.60 bits per heavy atom. The van der Waals surface area contributed by atoms with E-state index in [4.69, 9.17) is 27.5 Å². The van der Waals surface area contributed by atoms with Crippen molar-refractivity contribution in [3.8, 4) is 0 Å². The molecule has 1 aromatic rings. The molecule has 1 unspecified atom stereocenters. The first kappa shape index (κ1) is 14.4. The van der Waals surface area contributed by atoms with Crippen LogP contribution in [0.4, 0.5) is 11.8 Å². The minimum atomic E-state index is -0.0285. The molecule has 0 amide bonds. The first-order chi connectivity index (χ1) is 9.47. The average Bonchev–Trinajstić information content (AvgIpc) is 2.40. The Morgan fingerprint density at radius 3 is 3.05 bits per heavy atom. The van der Waals surface area contributed by atoms with E-state index in [1.54, 1.807) is 6.92 Å². The highest BCUT2D eigenvalue weighted by atomic mass is 35.5. The van der Waals surface area contributed by atoms with E-state index in [-0.39, 0.29) is 11.9 Å². The van der Waals surface area contributed by atoms with Crippen LogP contribution in [-0.2, 0) is 4.74 Å². The van der Waals surface area contributed by atoms with E-state index in [2.05, 4.69) is 20.6 Å². The lowest BCUT2D eigenvalue weighted by molar-refractivity contribution is 0.289. The fraction of sp³-hybridized carbons (Fsp3) is 0.417. The van der Waals surface area contributed by atoms with Crippen molar-refractivity contribution in [1.82, 2.24) is 9.97 Å². The number of rotatable bonds is 0. The number of nitrogens with two attached hydrogens (primary N) is 1. The summed E-state index contributed by atoms with van der Waals surface area (Å²) in [5.41, 5.74) is 6.55. The van der Waals surface area contributed by atoms with Crippen molar-refractivity contribution < 1.29 is 4.74 Å². The lowest BCUT2D eigenvalue weighted by Crippen LogP contribution is -2.21. The summed E-state index contributed by atoms with van der Waals surface area (Å²) >= 11 is 6.06. The molecular weight excluding hydrogens is 280 g/mol. The zero-order valence-corrected chi connectivity index (χ0v) is 12.1. The molecule has 0 saturated heterocycles. The smallest absolute Gasteiger partial charge is 0.232 e. The molecule has 2 bridgehead atoms. The second-order valence-corrected chi connectivity index (χ2v) is 4.99. The number of anilines is 2. The molecule has 8 heteroatoms. The van der Waals surface area contributed by atoms with Gasteiger partial charge in [-0.1, -0.05) is 11.6 Å². The maximum absolute atomic E-state index is 7.90. The van der Waals surface area contributed by atoms with Crippen molar-refractivity contribution in [3.05, 3.63) is 22.6 Å². The van der Waals surface area contributed by atoms with Gasteiger partial charge in [0.1, 0.15) is 10.7 Å². The average molecular weight is 297 g/mol. The number of fused-ring (bicyclic) bond motifs is 2. The van der Waals surface area contributed by atoms with Crippen LogP contribution >= 0.6 is 11.6 Å². The van der Waals surface area contributed by atoms with Crippen LogP contribution < -0.4 is 16.4 Å². The highest BCUT2D eigenvalue weighted by molar-refractivity contribution is 6.32. The van der Waals surface area contributed by atoms with Crippen molar-refractivity contribution >= 4 is 29.3 Å². The monoisotopic (exact) mass is 296 g/mol. The zero-order valence-electron chi connectivity index (χ0n) is 11.3. The van der Waals surface area contributed by atoms with E-state index in [0.29, 0.717) is 41.2 Å². The van der Waals surface area contributed by atoms with Crippen LogP contribution in [0.3, 0.4) is 0 Å². The van der Waals surface area contributed by atoms with Gasteiger partial charge in [0.25, 0.3) is 0 Å². The summed E-state index contributed by atoms with van der Waals surface area (Å²) in [7, 11) is 0. The van der Waals surface area contributed by atoms with Crippen LogP contribution in [0.15, 0.2) is 17.6 Å². The van der Waals surface area contributed by atoms with Crippen molar-refractivity contribution in [3.63, 3.8) is 0 Å². The molecule has 1 atom stereocenters. The highest BCUT2D eigenvalue weighted by Crippen LogP contribution is 2.22. The molecule has 2 rings (SSSR count). The van der Waals surface area contributed by atoms with Gasteiger partial charge in [0.2, 0.25) is 11.8 Å². The molecular formula is C12H17ClN6O. The Hall–Kier alpha value is -2.02. The summed E-state index contributed by atoms with van der Waals surface area (Å²) < 4.78 is 5.38. The van der Waals surface area contributed by atoms with Crippen LogP contribution in [0.25, 0.3) is 0 Å². The van der Waals surface area contributed by atoms with E-state index < -0.39 is 0 Å². The first-order valence-corrected chi connectivity index (χ1v) is 6.59. The Labute approximate surface area is 122 Å². The molecule has 108 valence electrons. The quantitative estimate of drug-likeness (QED) is 0.582. The maximum Gasteiger partial charge on any atom is 0.232 e. The van der Waals surface area contributed by atoms with E-state index in [0.717, 1.165) is 0 Å². The molecule has 0 spiro atoms. The van der Waals surface area contributed by atoms with E-state index in [1.807, 2.05) is 6.92 Å². The molecule has 1 aromatic heterocycles. The minimum absolute atomic E-state index is 0.0285. The second kappa shape index (κ2) is 5.96. The van der Waals surface area contributed by atoms with Gasteiger partial charge >= 0.3 is 0 Å². The highest BCUT2D eigenvalue weighted by Gasteiger charge is 2.16. The summed E-state index contributed by atoms with van der Waals surface area (Å²) in [4.78, 5) is 8.35. The molecule has 20 heavy (non-hydrogen) atoms. The van der Waals surface area contributed by atoms with Crippen molar-refractivity contribution in [1.29, 1.82) is 5.41 Å². The van der Waals surface area contributed by atoms with Gasteiger partial charge in [-0.2, -0.15) is 4.98 Å². The second-order valence-electron chi connectivity index (χ2n) is 4.58. The molecule has 0 radical (unpaired) electrons. The van der Waals surface area contributed by atoms with Crippen LogP contribution in [-0.4, -0.2) is 28.5 Å². The standard InChI is InChI=1S/C12H17ClN6O/c1-6-3-4-20-10(15)9(7(2)14)18-12-16-5-8(13)11(17-6)19-12/h5-6,15H,3-4,14H2,1-2H3,(H2,16,17,18,19)/b9-7+,15-10?. The van der Waals surface area contributed by atoms with Gasteiger partial charge in [0, 0.05) is 18.2 Å². The largest absolute Gasteiger partial charge is 0.476 e. The Balaban J connectivity index is 2.41. The van der Waals surface area contributed by atoms with Gasteiger partial charge in [0.15, 0.2) is 5.82 Å². The SMILES string of the molecule is C/C(N)=C1\Nc2ncc(Cl)c(n2)NC(C)CCOC1=N. The van der Waals surface area contributed by atoms with Crippen LogP contribution in [0.2, 0.25) is 5.02 Å². The van der Waals surface area contributed by atoms with Gasteiger partial charge in [-0.15, -0.1) is 0 Å². The molecule has 0 saturated carbocycles. The van der Waals surface area contributed by atoms with Gasteiger partial charge in [-0.25, -0.2) is 4.98 Å². The fourth-order valence-electron chi connectivity index (χ4n) is 1.69. The third-order valence-electron chi connectivity index (χ3n) is 2.78. The van der Waals surface area contributed by atoms with E-state index >= 15 is 0 Å². The molecule has 0 fully saturated rings. The summed E-state index contributed by atoms with van der Waals surface area (Å²) in [6.45, 7) is 4.06. The first-order valence-electron chi connectivity index (χ1n) is 6.21. The van der Waals surface area contributed by atoms with E-state index in [1.165, 1.54) is 6.20 Å². The van der Waals surface area contributed by atoms with Crippen molar-refractivity contribution in [2.75, 3.05) is 17.2 Å². The number of aromatic nitrogens is 2. The lowest BCUT2D eigenvalue weighted by atomic mass is 10.2. The third-order valence-corrected chi connectivity index (χ3v) is 3.06. The molecule has 0 aromatic carbocycles. The minimum Gasteiger partial charge on any atom is -0.476 e. The van der Waals surface area contributed by atoms with Gasteiger partial charge in [0.05, 0.1) is 12.8 Å². The predicted molar refractivity (Wildman–Crippen MR) is 78.9 cm³/mol. The number of nitrogens with one attached hydrogen (secondary N) is 3. The summed E-state index contributed by atoms with van der Waals surface area (Å²) in [5.74, 6) is 0.817. The van der Waals surface area contributed by atoms with Crippen LogP contribution in [0.1, 0.15) is 20.3 Å². The van der Waals surface area contributed by atoms with Gasteiger partial charge in [-0.05, 0) is 13.8 Å². The number of ether oxygens (including phenoxy) is 1. The normalized spacial score (nSPS) is 21.9. The maximum atomic E-state index is 7.90. The van der Waals surface area contributed by atoms with E-state index in [9.17, 15) is 0 Å². The number of hydrogen-bond acceptors (Lipinski definition) is 7. The fourth-order valence-corrected chi connectivity index (χ4v) is 1.84. The van der Waals surface area contributed by atoms with Gasteiger partial charge in [-0.3, -0.25) is 5.41 Å². The Kier molecular flexibility index (Phi) is 4.29. The number of allylic oxidation sites excluding steroid dienone is 1. The molecule has 1 aliphatic rings. The summed E-state index contributed by atoms with van der Waals surface area (Å²) in [6.07, 6.45) is 2.20. The number of halogens is 1. The topological polar surface area (TPSA) is 109 Å². The van der Waals surface area contributed by atoms with Crippen LogP contribution in [0, 0.1) is 5.41 Å². The third kappa shape index (κ3) is 3.30. The molecule has 0 aliphatic carbocycles. The Morgan fingerprint density at radius 2 is 2.35 bits per heavy atom. The van der Waals surface area contributed by atoms with Crippen LogP contribution in [0.5, 0.6) is 0 Å². The van der Waals surface area contributed by atoms with Gasteiger partial charge < -0.3 is 21.1 Å². The zero-order chi connectivity index (χ0) is 14.7. The summed E-state index contributed by atoms with van der Waals surface area (Å²) in [5, 5.41) is 14.4. The Bertz CT molecular complexity index is 555. The van der Waals surface area contributed by atoms with Crippen molar-refractivity contribution in [2.24, 2.45) is 5.73 Å². The molecule has 7 nitrogen and oxygen atoms in total. The van der Waals surface area contributed by atoms with Crippen molar-refractivity contribution in [2.45, 2.75) is 26.3 Å². The molecule has 2 heterocycles. The predicted octanol–water partition coefficient (Wildman–Crippen LogP) is 1.93. The summed E-state index contributed by atoms with van der Waals surface area (Å²) in [6, 6.07) is 0.104. The molecule has 1 aliphatic heterocycles. The molecule has 5 N–H and O–H groups in total. The number of nitrogens with zero attached hydrogens (tertiary/aromatic N) is 2. The number of hydrogen-bond donors (Lipinski definition) is 4.